The number of alkyl halides is 12. The maximum absolute atomic E-state index is 14.0. The molecule has 1 amide bonds. The Bertz CT molecular complexity index is 849. The monoisotopic (exact) mass is 508 g/mol. The molecule has 0 saturated carbocycles. The van der Waals surface area contributed by atoms with Gasteiger partial charge in [-0.1, -0.05) is 0 Å². The lowest BCUT2D eigenvalue weighted by atomic mass is 9.93. The molecule has 1 saturated heterocycles. The molecule has 33 heavy (non-hydrogen) atoms. The van der Waals surface area contributed by atoms with Gasteiger partial charge in [0.05, 0.1) is 0 Å². The average molecular weight is 508 g/mol. The number of piperazine rings is 1. The second-order valence-corrected chi connectivity index (χ2v) is 6.98. The van der Waals surface area contributed by atoms with E-state index in [0.29, 0.717) is 5.69 Å². The van der Waals surface area contributed by atoms with Crippen LogP contribution < -0.4 is 4.90 Å². The normalized spacial score (nSPS) is 17.0. The van der Waals surface area contributed by atoms with E-state index in [0.717, 1.165) is 12.1 Å². The van der Waals surface area contributed by atoms with Crippen LogP contribution in [0.25, 0.3) is 0 Å². The van der Waals surface area contributed by atoms with Crippen LogP contribution in [0.3, 0.4) is 0 Å². The smallest absolute Gasteiger partial charge is 0.368 e. The molecule has 188 valence electrons. The fraction of sp³-hybridized carbons (Fsp3) is 0.588. The quantitative estimate of drug-likeness (QED) is 0.489. The van der Waals surface area contributed by atoms with E-state index in [1.165, 1.54) is 17.0 Å². The molecular weight excluding hydrogens is 495 g/mol. The number of amides is 1. The van der Waals surface area contributed by atoms with Gasteiger partial charge in [0, 0.05) is 31.9 Å². The Morgan fingerprint density at radius 2 is 1.18 bits per heavy atom. The van der Waals surface area contributed by atoms with E-state index in [1.807, 2.05) is 0 Å². The molecule has 1 aliphatic rings. The minimum Gasteiger partial charge on any atom is -0.368 e. The minimum atomic E-state index is -7.75. The van der Waals surface area contributed by atoms with Gasteiger partial charge in [0.15, 0.2) is 0 Å². The van der Waals surface area contributed by atoms with E-state index in [-0.39, 0.29) is 18.0 Å². The number of hydrogen-bond donors (Lipinski definition) is 0. The molecule has 0 atom stereocenters. The first kappa shape index (κ1) is 26.8. The molecule has 0 N–H and O–H groups in total. The fourth-order valence-corrected chi connectivity index (χ4v) is 2.89. The number of halogens is 13. The molecule has 0 aromatic heterocycles. The maximum Gasteiger partial charge on any atom is 0.392 e. The predicted octanol–water partition coefficient (Wildman–Crippen LogP) is 4.92. The molecule has 1 aromatic carbocycles. The molecule has 1 aromatic rings. The summed E-state index contributed by atoms with van der Waals surface area (Å²) in [6.07, 6.45) is -5.61. The van der Waals surface area contributed by atoms with Crippen molar-refractivity contribution < 1.29 is 61.9 Å². The molecule has 2 rings (SSSR count). The number of benzene rings is 1. The molecule has 0 spiro atoms. The van der Waals surface area contributed by atoms with Crippen molar-refractivity contribution in [3.63, 3.8) is 0 Å². The van der Waals surface area contributed by atoms with Crippen LogP contribution in [0.15, 0.2) is 24.3 Å². The summed E-state index contributed by atoms with van der Waals surface area (Å²) in [6, 6.07) is 4.50. The molecule has 16 heteroatoms. The summed E-state index contributed by atoms with van der Waals surface area (Å²) in [4.78, 5) is 13.1. The van der Waals surface area contributed by atoms with Crippen LogP contribution in [0, 0.1) is 5.82 Å². The molecule has 1 heterocycles. The highest BCUT2D eigenvalue weighted by Crippen LogP contribution is 2.58. The van der Waals surface area contributed by atoms with Gasteiger partial charge in [0.25, 0.3) is 5.91 Å². The zero-order valence-corrected chi connectivity index (χ0v) is 15.9. The van der Waals surface area contributed by atoms with Gasteiger partial charge < -0.3 is 9.80 Å². The van der Waals surface area contributed by atoms with E-state index >= 15 is 0 Å². The van der Waals surface area contributed by atoms with Crippen LogP contribution in [0.5, 0.6) is 0 Å². The highest BCUT2D eigenvalue weighted by Gasteiger charge is 2.89. The Hall–Kier alpha value is -2.42. The lowest BCUT2D eigenvalue weighted by Crippen LogP contribution is -2.71. The number of carbonyl (C=O) groups excluding carboxylic acids is 1. The fourth-order valence-electron chi connectivity index (χ4n) is 2.89. The summed E-state index contributed by atoms with van der Waals surface area (Å²) in [5.74, 6) is -40.4. The SMILES string of the molecule is O=C(N1CCN(c2ccc(F)cc2)CC1)C(F)(F)C(F)(F)C(F)(F)C(F)(F)C(F)(F)C(F)F. The average Bonchev–Trinajstić information content (AvgIpc) is 2.73. The molecule has 0 aliphatic carbocycles. The Morgan fingerprint density at radius 1 is 0.727 bits per heavy atom. The molecular formula is C17H13F13N2O. The van der Waals surface area contributed by atoms with E-state index in [2.05, 4.69) is 0 Å². The number of nitrogens with zero attached hydrogens (tertiary/aromatic N) is 2. The zero-order valence-electron chi connectivity index (χ0n) is 15.9. The van der Waals surface area contributed by atoms with Crippen molar-refractivity contribution in [1.82, 2.24) is 4.90 Å². The maximum atomic E-state index is 14.0. The summed E-state index contributed by atoms with van der Waals surface area (Å²) < 4.78 is 172. The number of rotatable bonds is 7. The first-order valence-corrected chi connectivity index (χ1v) is 8.79. The van der Waals surface area contributed by atoms with Crippen molar-refractivity contribution in [2.75, 3.05) is 31.1 Å². The van der Waals surface area contributed by atoms with Gasteiger partial charge in [-0.2, -0.15) is 43.9 Å². The Morgan fingerprint density at radius 3 is 1.61 bits per heavy atom. The molecule has 1 fully saturated rings. The third-order valence-electron chi connectivity index (χ3n) is 4.90. The largest absolute Gasteiger partial charge is 0.392 e. The van der Waals surface area contributed by atoms with E-state index in [1.54, 1.807) is 0 Å². The van der Waals surface area contributed by atoms with Crippen LogP contribution >= 0.6 is 0 Å². The summed E-state index contributed by atoms with van der Waals surface area (Å²) in [6.45, 7) is -2.38. The van der Waals surface area contributed by atoms with E-state index in [9.17, 15) is 61.9 Å². The van der Waals surface area contributed by atoms with Gasteiger partial charge in [-0.05, 0) is 24.3 Å². The van der Waals surface area contributed by atoms with Crippen molar-refractivity contribution in [2.45, 2.75) is 36.0 Å². The van der Waals surface area contributed by atoms with Crippen LogP contribution in [0.2, 0.25) is 0 Å². The van der Waals surface area contributed by atoms with Gasteiger partial charge in [-0.25, -0.2) is 13.2 Å². The lowest BCUT2D eigenvalue weighted by Gasteiger charge is -2.41. The molecule has 3 nitrogen and oxygen atoms in total. The van der Waals surface area contributed by atoms with Crippen LogP contribution in [-0.2, 0) is 4.79 Å². The third kappa shape index (κ3) is 4.16. The number of hydrogen-bond acceptors (Lipinski definition) is 2. The summed E-state index contributed by atoms with van der Waals surface area (Å²) in [7, 11) is 0. The first-order valence-electron chi connectivity index (χ1n) is 8.79. The van der Waals surface area contributed by atoms with E-state index < -0.39 is 60.9 Å². The first-order chi connectivity index (χ1) is 14.8. The Balaban J connectivity index is 2.25. The highest BCUT2D eigenvalue weighted by atomic mass is 19.4. The zero-order chi connectivity index (χ0) is 25.6. The Labute approximate surface area is 176 Å². The summed E-state index contributed by atoms with van der Waals surface area (Å²) in [5.41, 5.74) is 0.306. The summed E-state index contributed by atoms with van der Waals surface area (Å²) >= 11 is 0. The van der Waals surface area contributed by atoms with Crippen LogP contribution in [-0.4, -0.2) is 73.0 Å². The number of carbonyl (C=O) groups is 1. The topological polar surface area (TPSA) is 23.6 Å². The molecule has 0 radical (unpaired) electrons. The summed E-state index contributed by atoms with van der Waals surface area (Å²) in [5, 5.41) is 0. The van der Waals surface area contributed by atoms with Gasteiger partial charge in [-0.15, -0.1) is 0 Å². The second kappa shape index (κ2) is 8.42. The molecule has 0 unspecified atom stereocenters. The van der Waals surface area contributed by atoms with Crippen molar-refractivity contribution in [3.8, 4) is 0 Å². The third-order valence-corrected chi connectivity index (χ3v) is 4.90. The lowest BCUT2D eigenvalue weighted by molar-refractivity contribution is -0.407. The van der Waals surface area contributed by atoms with Gasteiger partial charge in [-0.3, -0.25) is 4.79 Å². The van der Waals surface area contributed by atoms with Crippen molar-refractivity contribution in [1.29, 1.82) is 0 Å². The van der Waals surface area contributed by atoms with Crippen molar-refractivity contribution in [3.05, 3.63) is 30.1 Å². The van der Waals surface area contributed by atoms with Crippen molar-refractivity contribution in [2.24, 2.45) is 0 Å². The second-order valence-electron chi connectivity index (χ2n) is 6.98. The van der Waals surface area contributed by atoms with E-state index in [4.69, 9.17) is 0 Å². The van der Waals surface area contributed by atoms with Crippen LogP contribution in [0.1, 0.15) is 0 Å². The van der Waals surface area contributed by atoms with Gasteiger partial charge >= 0.3 is 36.0 Å². The minimum absolute atomic E-state index is 0.104. The highest BCUT2D eigenvalue weighted by molar-refractivity contribution is 5.85. The predicted molar refractivity (Wildman–Crippen MR) is 85.9 cm³/mol. The standard InChI is InChI=1S/C17H13F13N2O/c18-9-1-3-10(4-2-9)31-5-7-32(8-6-31)12(33)14(23,24)16(27,28)17(29,30)15(25,26)13(21,22)11(19)20/h1-4,11H,5-8H2. The number of anilines is 1. The van der Waals surface area contributed by atoms with Gasteiger partial charge in [0.2, 0.25) is 0 Å². The van der Waals surface area contributed by atoms with Crippen molar-refractivity contribution >= 4 is 11.6 Å². The molecule has 0 bridgehead atoms. The molecule has 1 aliphatic heterocycles. The van der Waals surface area contributed by atoms with Gasteiger partial charge in [0.1, 0.15) is 5.82 Å². The van der Waals surface area contributed by atoms with Crippen LogP contribution in [0.4, 0.5) is 62.8 Å². The Kier molecular flexibility index (Phi) is 6.84.